The van der Waals surface area contributed by atoms with Crippen LogP contribution in [0, 0.1) is 18.3 Å². The topological polar surface area (TPSA) is 37.9 Å². The molecule has 52 valence electrons. The Morgan fingerprint density at radius 3 is 2.60 bits per heavy atom. The molecule has 0 saturated carbocycles. The van der Waals surface area contributed by atoms with E-state index in [1.54, 1.807) is 6.07 Å². The maximum absolute atomic E-state index is 8.38. The van der Waals surface area contributed by atoms with Gasteiger partial charge in [-0.2, -0.15) is 5.26 Å². The monoisotopic (exact) mass is 198 g/mol. The number of hydrogen-bond acceptors (Lipinski definition) is 1. The van der Waals surface area contributed by atoms with Gasteiger partial charge in [-0.3, -0.25) is 0 Å². The second-order valence-electron chi connectivity index (χ2n) is 1.86. The molecule has 2 nitrogen and oxygen atoms in total. The van der Waals surface area contributed by atoms with Gasteiger partial charge in [-0.1, -0.05) is 0 Å². The molecule has 0 aromatic carbocycles. The molecule has 10 heavy (non-hydrogen) atoms. The number of halogens is 1. The predicted molar refractivity (Wildman–Crippen MR) is 32.4 cm³/mol. The minimum atomic E-state index is 0. The molecule has 0 aliphatic heterocycles. The van der Waals surface area contributed by atoms with Gasteiger partial charge in [0.25, 0.3) is 5.69 Å². The molecule has 1 heterocycles. The minimum absolute atomic E-state index is 0. The summed E-state index contributed by atoms with van der Waals surface area (Å²) in [6, 6.07) is 7.52. The van der Waals surface area contributed by atoms with Crippen LogP contribution in [0.1, 0.15) is 11.4 Å². The largest absolute Gasteiger partial charge is 1.00 e. The zero-order chi connectivity index (χ0) is 6.69. The van der Waals surface area contributed by atoms with Gasteiger partial charge < -0.3 is 17.0 Å². The van der Waals surface area contributed by atoms with Crippen LogP contribution in [0.25, 0.3) is 0 Å². The smallest absolute Gasteiger partial charge is 0.281 e. The molecule has 0 fully saturated rings. The quantitative estimate of drug-likeness (QED) is 0.462. The van der Waals surface area contributed by atoms with Crippen molar-refractivity contribution >= 4 is 0 Å². The summed E-state index contributed by atoms with van der Waals surface area (Å²) in [5.74, 6) is 0. The number of aromatic nitrogens is 1. The Labute approximate surface area is 70.3 Å². The molecule has 1 aromatic heterocycles. The molecule has 0 atom stereocenters. The van der Waals surface area contributed by atoms with Crippen molar-refractivity contribution in [2.45, 2.75) is 6.92 Å². The highest BCUT2D eigenvalue weighted by Gasteiger charge is 1.96. The summed E-state index contributed by atoms with van der Waals surface area (Å²) in [6.45, 7) is 1.92. The number of aromatic amines is 1. The highest BCUT2D eigenvalue weighted by atomic mass is 79.9. The van der Waals surface area contributed by atoms with E-state index < -0.39 is 0 Å². The van der Waals surface area contributed by atoms with E-state index in [4.69, 9.17) is 5.26 Å². The van der Waals surface area contributed by atoms with Crippen LogP contribution in [0.15, 0.2) is 18.2 Å². The molecule has 1 rings (SSSR count). The standard InChI is InChI=1S/C7H6N2.BrH/c1-6-3-2-4-7(5-8)9-6;/h2-4H,1H3;1H. The molecule has 0 aliphatic rings. The molecule has 1 aromatic rings. The fourth-order valence-corrected chi connectivity index (χ4v) is 0.650. The first-order chi connectivity index (χ1) is 4.33. The Balaban J connectivity index is 0.000000810. The fourth-order valence-electron chi connectivity index (χ4n) is 0.650. The van der Waals surface area contributed by atoms with E-state index in [1.165, 1.54) is 0 Å². The van der Waals surface area contributed by atoms with Crippen LogP contribution in [0.2, 0.25) is 0 Å². The highest BCUT2D eigenvalue weighted by Crippen LogP contribution is 1.88. The van der Waals surface area contributed by atoms with Gasteiger partial charge >= 0.3 is 0 Å². The second-order valence-corrected chi connectivity index (χ2v) is 1.86. The summed E-state index contributed by atoms with van der Waals surface area (Å²) in [6.07, 6.45) is 0. The van der Waals surface area contributed by atoms with Crippen LogP contribution in [-0.4, -0.2) is 0 Å². The molecular weight excluding hydrogens is 192 g/mol. The van der Waals surface area contributed by atoms with Gasteiger partial charge in [-0.05, 0) is 6.07 Å². The Bertz CT molecular complexity index is 252. The van der Waals surface area contributed by atoms with Crippen molar-refractivity contribution in [2.75, 3.05) is 0 Å². The van der Waals surface area contributed by atoms with Crippen LogP contribution >= 0.6 is 0 Å². The third-order valence-electron chi connectivity index (χ3n) is 1.06. The van der Waals surface area contributed by atoms with Gasteiger partial charge in [-0.25, -0.2) is 4.98 Å². The SMILES string of the molecule is Cc1cccc(C#N)[nH+]1.[Br-]. The molecule has 0 saturated heterocycles. The molecular formula is C7H7BrN2. The van der Waals surface area contributed by atoms with Crippen LogP contribution in [0.5, 0.6) is 0 Å². The van der Waals surface area contributed by atoms with E-state index in [0.29, 0.717) is 5.69 Å². The average molecular weight is 199 g/mol. The first-order valence-corrected chi connectivity index (χ1v) is 2.72. The summed E-state index contributed by atoms with van der Waals surface area (Å²) in [4.78, 5) is 2.90. The van der Waals surface area contributed by atoms with Crippen molar-refractivity contribution in [1.29, 1.82) is 5.26 Å². The van der Waals surface area contributed by atoms with Crippen molar-refractivity contribution in [2.24, 2.45) is 0 Å². The van der Waals surface area contributed by atoms with Gasteiger partial charge in [-0.15, -0.1) is 0 Å². The Morgan fingerprint density at radius 1 is 1.50 bits per heavy atom. The highest BCUT2D eigenvalue weighted by molar-refractivity contribution is 5.14. The molecule has 1 N–H and O–H groups in total. The van der Waals surface area contributed by atoms with Crippen molar-refractivity contribution < 1.29 is 22.0 Å². The number of rotatable bonds is 0. The minimum Gasteiger partial charge on any atom is -1.00 e. The first kappa shape index (κ1) is 9.12. The summed E-state index contributed by atoms with van der Waals surface area (Å²) in [5, 5.41) is 8.38. The van der Waals surface area contributed by atoms with Crippen molar-refractivity contribution in [3.8, 4) is 6.07 Å². The van der Waals surface area contributed by atoms with Crippen molar-refractivity contribution in [3.05, 3.63) is 29.6 Å². The zero-order valence-electron chi connectivity index (χ0n) is 5.56. The van der Waals surface area contributed by atoms with Gasteiger partial charge in [0.2, 0.25) is 0 Å². The first-order valence-electron chi connectivity index (χ1n) is 2.72. The Kier molecular flexibility index (Phi) is 3.67. The van der Waals surface area contributed by atoms with Crippen molar-refractivity contribution in [3.63, 3.8) is 0 Å². The maximum atomic E-state index is 8.38. The van der Waals surface area contributed by atoms with Crippen LogP contribution in [0.3, 0.4) is 0 Å². The fraction of sp³-hybridized carbons (Fsp3) is 0.143. The van der Waals surface area contributed by atoms with Crippen LogP contribution < -0.4 is 22.0 Å². The average Bonchev–Trinajstić information content (AvgIpc) is 1.88. The van der Waals surface area contributed by atoms with Crippen LogP contribution in [0.4, 0.5) is 0 Å². The molecule has 0 aliphatic carbocycles. The molecule has 0 spiro atoms. The Morgan fingerprint density at radius 2 is 2.20 bits per heavy atom. The van der Waals surface area contributed by atoms with E-state index in [1.807, 2.05) is 25.1 Å². The van der Waals surface area contributed by atoms with Crippen molar-refractivity contribution in [1.82, 2.24) is 0 Å². The van der Waals surface area contributed by atoms with Gasteiger partial charge in [0.1, 0.15) is 0 Å². The molecule has 0 unspecified atom stereocenters. The lowest BCUT2D eigenvalue weighted by molar-refractivity contribution is -0.391. The van der Waals surface area contributed by atoms with E-state index in [-0.39, 0.29) is 17.0 Å². The van der Waals surface area contributed by atoms with Gasteiger partial charge in [0, 0.05) is 19.1 Å². The number of hydrogen-bond donors (Lipinski definition) is 0. The number of nitrogens with one attached hydrogen (secondary N) is 1. The molecule has 3 heteroatoms. The number of pyridine rings is 1. The van der Waals surface area contributed by atoms with E-state index in [2.05, 4.69) is 4.98 Å². The van der Waals surface area contributed by atoms with Gasteiger partial charge in [0.05, 0.1) is 0 Å². The lowest BCUT2D eigenvalue weighted by atomic mass is 10.3. The number of nitrogens with zero attached hydrogens (tertiary/aromatic N) is 1. The van der Waals surface area contributed by atoms with E-state index in [0.717, 1.165) is 5.69 Å². The molecule has 0 bridgehead atoms. The van der Waals surface area contributed by atoms with E-state index in [9.17, 15) is 0 Å². The summed E-state index contributed by atoms with van der Waals surface area (Å²) in [7, 11) is 0. The molecule has 0 radical (unpaired) electrons. The number of aryl methyl sites for hydroxylation is 1. The normalized spacial score (nSPS) is 7.60. The lowest BCUT2D eigenvalue weighted by Crippen LogP contribution is -3.00. The summed E-state index contributed by atoms with van der Waals surface area (Å²) in [5.41, 5.74) is 1.61. The maximum Gasteiger partial charge on any atom is 0.281 e. The van der Waals surface area contributed by atoms with Crippen LogP contribution in [-0.2, 0) is 0 Å². The predicted octanol–water partition coefficient (Wildman–Crippen LogP) is -2.32. The second kappa shape index (κ2) is 4.02. The summed E-state index contributed by atoms with van der Waals surface area (Å²) >= 11 is 0. The zero-order valence-corrected chi connectivity index (χ0v) is 7.14. The lowest BCUT2D eigenvalue weighted by Gasteiger charge is -1.80. The Hall–Kier alpha value is -0.880. The number of nitriles is 1. The number of H-pyrrole nitrogens is 1. The van der Waals surface area contributed by atoms with Gasteiger partial charge in [0.15, 0.2) is 11.8 Å². The summed E-state index contributed by atoms with van der Waals surface area (Å²) < 4.78 is 0. The van der Waals surface area contributed by atoms with E-state index >= 15 is 0 Å². The third-order valence-corrected chi connectivity index (χ3v) is 1.06. The third kappa shape index (κ3) is 2.16. The molecule has 0 amide bonds.